The van der Waals surface area contributed by atoms with Crippen molar-refractivity contribution in [1.29, 1.82) is 0 Å². The van der Waals surface area contributed by atoms with Crippen LogP contribution in [0.5, 0.6) is 5.75 Å². The predicted octanol–water partition coefficient (Wildman–Crippen LogP) is 5.43. The Morgan fingerprint density at radius 1 is 1.00 bits per heavy atom. The third-order valence-corrected chi connectivity index (χ3v) is 5.56. The van der Waals surface area contributed by atoms with Crippen molar-refractivity contribution >= 4 is 40.5 Å². The maximum Gasteiger partial charge on any atom is 0.259 e. The fourth-order valence-corrected chi connectivity index (χ4v) is 3.91. The molecule has 32 heavy (non-hydrogen) atoms. The fourth-order valence-electron chi connectivity index (χ4n) is 3.74. The van der Waals surface area contributed by atoms with Crippen molar-refractivity contribution in [3.63, 3.8) is 0 Å². The number of hydrogen-bond acceptors (Lipinski definition) is 6. The maximum absolute atomic E-state index is 12.7. The Balaban J connectivity index is 1.45. The Kier molecular flexibility index (Phi) is 6.75. The molecule has 2 aromatic carbocycles. The van der Waals surface area contributed by atoms with Crippen LogP contribution >= 0.6 is 11.6 Å². The largest absolute Gasteiger partial charge is 0.496 e. The molecule has 0 aliphatic carbocycles. The van der Waals surface area contributed by atoms with Crippen LogP contribution in [-0.4, -0.2) is 36.1 Å². The van der Waals surface area contributed by atoms with Crippen LogP contribution in [0, 0.1) is 6.92 Å². The second-order valence-electron chi connectivity index (χ2n) is 7.71. The molecule has 7 nitrogen and oxygen atoms in total. The zero-order chi connectivity index (χ0) is 22.5. The van der Waals surface area contributed by atoms with Gasteiger partial charge in [0.25, 0.3) is 5.91 Å². The summed E-state index contributed by atoms with van der Waals surface area (Å²) in [4.78, 5) is 24.1. The van der Waals surface area contributed by atoms with Crippen LogP contribution in [0.25, 0.3) is 0 Å². The fraction of sp³-hybridized carbons (Fsp3) is 0.292. The summed E-state index contributed by atoms with van der Waals surface area (Å²) in [6, 6.07) is 14.4. The summed E-state index contributed by atoms with van der Waals surface area (Å²) in [7, 11) is 1.52. The molecule has 0 bridgehead atoms. The molecule has 0 spiro atoms. The lowest BCUT2D eigenvalue weighted by Gasteiger charge is -2.28. The normalized spacial score (nSPS) is 13.5. The Morgan fingerprint density at radius 2 is 1.72 bits per heavy atom. The first-order chi connectivity index (χ1) is 15.5. The van der Waals surface area contributed by atoms with Gasteiger partial charge in [-0.05, 0) is 68.7 Å². The minimum atomic E-state index is -0.289. The van der Waals surface area contributed by atoms with Crippen molar-refractivity contribution in [2.24, 2.45) is 0 Å². The van der Waals surface area contributed by atoms with Crippen LogP contribution in [0.3, 0.4) is 0 Å². The summed E-state index contributed by atoms with van der Waals surface area (Å²) in [5, 5.41) is 6.68. The van der Waals surface area contributed by atoms with Crippen molar-refractivity contribution in [3.8, 4) is 5.75 Å². The van der Waals surface area contributed by atoms with E-state index in [0.717, 1.165) is 36.2 Å². The highest BCUT2D eigenvalue weighted by Gasteiger charge is 2.15. The zero-order valence-electron chi connectivity index (χ0n) is 18.2. The van der Waals surface area contributed by atoms with E-state index in [2.05, 4.69) is 25.5 Å². The van der Waals surface area contributed by atoms with E-state index < -0.39 is 0 Å². The first-order valence-corrected chi connectivity index (χ1v) is 11.0. The quantitative estimate of drug-likeness (QED) is 0.520. The zero-order valence-corrected chi connectivity index (χ0v) is 18.9. The number of rotatable bonds is 6. The van der Waals surface area contributed by atoms with Crippen LogP contribution in [-0.2, 0) is 0 Å². The van der Waals surface area contributed by atoms with Gasteiger partial charge >= 0.3 is 0 Å². The van der Waals surface area contributed by atoms with Crippen LogP contribution in [0.4, 0.5) is 23.0 Å². The molecule has 0 unspecified atom stereocenters. The molecule has 8 heteroatoms. The van der Waals surface area contributed by atoms with Gasteiger partial charge in [0.15, 0.2) is 0 Å². The SMILES string of the molecule is COc1ccc(Cl)cc1C(=O)Nc1ccc(Nc2cc(N3CCCCC3)nc(C)n2)cc1. The molecule has 3 aromatic rings. The third-order valence-electron chi connectivity index (χ3n) is 5.33. The number of nitrogens with one attached hydrogen (secondary N) is 2. The summed E-state index contributed by atoms with van der Waals surface area (Å²) in [6.45, 7) is 3.96. The molecule has 1 saturated heterocycles. The number of hydrogen-bond donors (Lipinski definition) is 2. The van der Waals surface area contributed by atoms with E-state index in [0.29, 0.717) is 22.0 Å². The van der Waals surface area contributed by atoms with Crippen molar-refractivity contribution in [2.75, 3.05) is 35.7 Å². The predicted molar refractivity (Wildman–Crippen MR) is 129 cm³/mol. The van der Waals surface area contributed by atoms with Gasteiger partial charge in [0, 0.05) is 35.6 Å². The van der Waals surface area contributed by atoms with Crippen molar-refractivity contribution < 1.29 is 9.53 Å². The first kappa shape index (κ1) is 21.9. The van der Waals surface area contributed by atoms with E-state index in [1.807, 2.05) is 37.3 Å². The van der Waals surface area contributed by atoms with Crippen molar-refractivity contribution in [1.82, 2.24) is 9.97 Å². The van der Waals surface area contributed by atoms with Gasteiger partial charge in [-0.3, -0.25) is 4.79 Å². The number of methoxy groups -OCH3 is 1. The number of anilines is 4. The summed E-state index contributed by atoms with van der Waals surface area (Å²) in [6.07, 6.45) is 3.67. The topological polar surface area (TPSA) is 79.4 Å². The van der Waals surface area contributed by atoms with E-state index in [4.69, 9.17) is 16.3 Å². The molecule has 0 atom stereocenters. The number of halogens is 1. The Bertz CT molecular complexity index is 1100. The van der Waals surface area contributed by atoms with Crippen molar-refractivity contribution in [2.45, 2.75) is 26.2 Å². The number of aromatic nitrogens is 2. The molecule has 1 amide bonds. The number of benzene rings is 2. The lowest BCUT2D eigenvalue weighted by molar-refractivity contribution is 0.102. The standard InChI is InChI=1S/C24H26ClN5O2/c1-16-26-22(15-23(27-16)30-12-4-3-5-13-30)28-18-7-9-19(10-8-18)29-24(31)20-14-17(25)6-11-21(20)32-2/h6-11,14-15H,3-5,12-13H2,1-2H3,(H,29,31)(H,26,27,28). The molecule has 1 aromatic heterocycles. The van der Waals surface area contributed by atoms with E-state index in [1.54, 1.807) is 18.2 Å². The molecule has 1 aliphatic rings. The number of carbonyl (C=O) groups is 1. The van der Waals surface area contributed by atoms with Crippen molar-refractivity contribution in [3.05, 3.63) is 64.9 Å². The molecule has 1 fully saturated rings. The van der Waals surface area contributed by atoms with Gasteiger partial charge in [0.1, 0.15) is 23.2 Å². The van der Waals surface area contributed by atoms with E-state index >= 15 is 0 Å². The number of nitrogens with zero attached hydrogens (tertiary/aromatic N) is 3. The van der Waals surface area contributed by atoms with Gasteiger partial charge in [0.05, 0.1) is 12.7 Å². The Labute approximate surface area is 192 Å². The molecule has 0 saturated carbocycles. The monoisotopic (exact) mass is 451 g/mol. The minimum absolute atomic E-state index is 0.289. The highest BCUT2D eigenvalue weighted by molar-refractivity contribution is 6.31. The minimum Gasteiger partial charge on any atom is -0.496 e. The number of ether oxygens (including phenoxy) is 1. The van der Waals surface area contributed by atoms with Gasteiger partial charge in [0.2, 0.25) is 0 Å². The second-order valence-corrected chi connectivity index (χ2v) is 8.14. The second kappa shape index (κ2) is 9.87. The van der Waals surface area contributed by atoms with Crippen LogP contribution in [0.1, 0.15) is 35.4 Å². The molecular formula is C24H26ClN5O2. The average Bonchev–Trinajstić information content (AvgIpc) is 2.80. The summed E-state index contributed by atoms with van der Waals surface area (Å²) >= 11 is 6.03. The van der Waals surface area contributed by atoms with Crippen LogP contribution in [0.15, 0.2) is 48.5 Å². The van der Waals surface area contributed by atoms with Gasteiger partial charge in [-0.1, -0.05) is 11.6 Å². The summed E-state index contributed by atoms with van der Waals surface area (Å²) in [5.74, 6) is 2.61. The van der Waals surface area contributed by atoms with Gasteiger partial charge < -0.3 is 20.3 Å². The van der Waals surface area contributed by atoms with E-state index in [-0.39, 0.29) is 5.91 Å². The smallest absolute Gasteiger partial charge is 0.259 e. The Hall–Kier alpha value is -3.32. The van der Waals surface area contributed by atoms with Gasteiger partial charge in [-0.2, -0.15) is 0 Å². The highest BCUT2D eigenvalue weighted by Crippen LogP contribution is 2.26. The maximum atomic E-state index is 12.7. The highest BCUT2D eigenvalue weighted by atomic mass is 35.5. The first-order valence-electron chi connectivity index (χ1n) is 10.6. The molecule has 2 N–H and O–H groups in total. The Morgan fingerprint density at radius 3 is 2.44 bits per heavy atom. The molecule has 4 rings (SSSR count). The molecule has 166 valence electrons. The molecule has 1 aliphatic heterocycles. The number of amides is 1. The van der Waals surface area contributed by atoms with E-state index in [9.17, 15) is 4.79 Å². The summed E-state index contributed by atoms with van der Waals surface area (Å²) < 4.78 is 5.26. The lowest BCUT2D eigenvalue weighted by atomic mass is 10.1. The van der Waals surface area contributed by atoms with Gasteiger partial charge in [-0.15, -0.1) is 0 Å². The summed E-state index contributed by atoms with van der Waals surface area (Å²) in [5.41, 5.74) is 1.91. The number of piperidine rings is 1. The van der Waals surface area contributed by atoms with Crippen LogP contribution in [0.2, 0.25) is 5.02 Å². The number of carbonyl (C=O) groups excluding carboxylic acids is 1. The van der Waals surface area contributed by atoms with Crippen LogP contribution < -0.4 is 20.3 Å². The molecule has 0 radical (unpaired) electrons. The average molecular weight is 452 g/mol. The van der Waals surface area contributed by atoms with E-state index in [1.165, 1.54) is 26.4 Å². The lowest BCUT2D eigenvalue weighted by Crippen LogP contribution is -2.30. The molecule has 2 heterocycles. The van der Waals surface area contributed by atoms with Gasteiger partial charge in [-0.25, -0.2) is 9.97 Å². The number of aryl methyl sites for hydroxylation is 1. The third kappa shape index (κ3) is 5.29. The molecular weight excluding hydrogens is 426 g/mol.